The molecule has 1 heterocycles. The molecule has 0 spiro atoms. The summed E-state index contributed by atoms with van der Waals surface area (Å²) in [6.07, 6.45) is 0.0361. The number of hydrogen-bond donors (Lipinski definition) is 2. The third-order valence-corrected chi connectivity index (χ3v) is 3.22. The van der Waals surface area contributed by atoms with Gasteiger partial charge in [0.2, 0.25) is 11.8 Å². The number of nitrogens with one attached hydrogen (secondary N) is 1. The Morgan fingerprint density at radius 1 is 1.33 bits per heavy atom. The summed E-state index contributed by atoms with van der Waals surface area (Å²) >= 11 is 0. The Labute approximate surface area is 107 Å². The minimum Gasteiger partial charge on any atom is -0.343 e. The van der Waals surface area contributed by atoms with Crippen LogP contribution in [0.4, 0.5) is 0 Å². The number of likely N-dealkylation sites (tertiary alicyclic amines) is 1. The first-order chi connectivity index (χ1) is 8.25. The smallest absolute Gasteiger partial charge is 0.252 e. The molecule has 102 valence electrons. The third-order valence-electron chi connectivity index (χ3n) is 3.22. The van der Waals surface area contributed by atoms with E-state index in [9.17, 15) is 14.4 Å². The summed E-state index contributed by atoms with van der Waals surface area (Å²) in [5, 5.41) is 2.59. The van der Waals surface area contributed by atoms with Crippen LogP contribution in [0.1, 0.15) is 34.1 Å². The highest BCUT2D eigenvalue weighted by atomic mass is 16.2. The van der Waals surface area contributed by atoms with Crippen LogP contribution in [0.15, 0.2) is 0 Å². The predicted molar refractivity (Wildman–Crippen MR) is 66.4 cm³/mol. The van der Waals surface area contributed by atoms with Crippen LogP contribution < -0.4 is 11.1 Å². The molecule has 0 radical (unpaired) electrons. The van der Waals surface area contributed by atoms with Gasteiger partial charge in [0.25, 0.3) is 5.91 Å². The molecule has 1 rings (SSSR count). The van der Waals surface area contributed by atoms with Crippen LogP contribution >= 0.6 is 0 Å². The number of carbonyl (C=O) groups is 3. The van der Waals surface area contributed by atoms with Crippen molar-refractivity contribution in [3.05, 3.63) is 0 Å². The Balaban J connectivity index is 2.68. The fraction of sp³-hybridized carbons (Fsp3) is 0.750. The Morgan fingerprint density at radius 3 is 2.28 bits per heavy atom. The SMILES string of the molecule is CC(N)C(C)C(=O)NC1CC(=O)N(C(C)C)C1=O. The molecule has 0 bridgehead atoms. The molecule has 0 aliphatic carbocycles. The van der Waals surface area contributed by atoms with Crippen LogP contribution in [0.25, 0.3) is 0 Å². The average Bonchev–Trinajstić information content (AvgIpc) is 2.52. The maximum absolute atomic E-state index is 11.9. The van der Waals surface area contributed by atoms with Crippen LogP contribution in [0, 0.1) is 5.92 Å². The molecule has 0 saturated carbocycles. The lowest BCUT2D eigenvalue weighted by atomic mass is 10.0. The van der Waals surface area contributed by atoms with Gasteiger partial charge in [-0.2, -0.15) is 0 Å². The largest absolute Gasteiger partial charge is 0.343 e. The Bertz CT molecular complexity index is 366. The summed E-state index contributed by atoms with van der Waals surface area (Å²) in [5.74, 6) is -1.25. The van der Waals surface area contributed by atoms with Crippen LogP contribution in [-0.2, 0) is 14.4 Å². The molecule has 3 amide bonds. The first kappa shape index (κ1) is 14.6. The second-order valence-corrected chi connectivity index (χ2v) is 5.11. The van der Waals surface area contributed by atoms with Crippen LogP contribution in [-0.4, -0.2) is 40.7 Å². The van der Waals surface area contributed by atoms with E-state index in [-0.39, 0.29) is 42.1 Å². The van der Waals surface area contributed by atoms with E-state index in [1.165, 1.54) is 4.90 Å². The maximum Gasteiger partial charge on any atom is 0.252 e. The van der Waals surface area contributed by atoms with Crippen molar-refractivity contribution in [1.29, 1.82) is 0 Å². The van der Waals surface area contributed by atoms with Gasteiger partial charge in [0.15, 0.2) is 0 Å². The topological polar surface area (TPSA) is 92.5 Å². The predicted octanol–water partition coefficient (Wildman–Crippen LogP) is -0.378. The number of nitrogens with two attached hydrogens (primary N) is 1. The molecular weight excluding hydrogens is 234 g/mol. The molecule has 1 fully saturated rings. The van der Waals surface area contributed by atoms with E-state index in [1.807, 2.05) is 0 Å². The standard InChI is InChI=1S/C12H21N3O3/c1-6(2)15-10(16)5-9(12(15)18)14-11(17)7(3)8(4)13/h6-9H,5,13H2,1-4H3,(H,14,17). The Hall–Kier alpha value is -1.43. The van der Waals surface area contributed by atoms with E-state index < -0.39 is 6.04 Å². The van der Waals surface area contributed by atoms with Crippen molar-refractivity contribution < 1.29 is 14.4 Å². The molecule has 0 aromatic carbocycles. The van der Waals surface area contributed by atoms with E-state index in [2.05, 4.69) is 5.32 Å². The minimum atomic E-state index is -0.742. The molecular formula is C12H21N3O3. The Morgan fingerprint density at radius 2 is 1.89 bits per heavy atom. The van der Waals surface area contributed by atoms with E-state index in [0.717, 1.165) is 0 Å². The van der Waals surface area contributed by atoms with Crippen molar-refractivity contribution in [2.45, 2.75) is 52.2 Å². The number of imide groups is 1. The van der Waals surface area contributed by atoms with Crippen molar-refractivity contribution in [1.82, 2.24) is 10.2 Å². The van der Waals surface area contributed by atoms with Gasteiger partial charge in [-0.05, 0) is 20.8 Å². The minimum absolute atomic E-state index is 0.0361. The Kier molecular flexibility index (Phi) is 4.45. The van der Waals surface area contributed by atoms with Crippen molar-refractivity contribution in [3.8, 4) is 0 Å². The van der Waals surface area contributed by atoms with Gasteiger partial charge < -0.3 is 11.1 Å². The number of hydrogen-bond acceptors (Lipinski definition) is 4. The molecule has 3 unspecified atom stereocenters. The van der Waals surface area contributed by atoms with Gasteiger partial charge in [0.1, 0.15) is 6.04 Å². The highest BCUT2D eigenvalue weighted by molar-refractivity contribution is 6.07. The van der Waals surface area contributed by atoms with Gasteiger partial charge in [-0.3, -0.25) is 19.3 Å². The normalized spacial score (nSPS) is 23.4. The zero-order valence-electron chi connectivity index (χ0n) is 11.3. The molecule has 1 aliphatic heterocycles. The molecule has 18 heavy (non-hydrogen) atoms. The van der Waals surface area contributed by atoms with E-state index >= 15 is 0 Å². The van der Waals surface area contributed by atoms with Gasteiger partial charge >= 0.3 is 0 Å². The van der Waals surface area contributed by atoms with E-state index in [1.54, 1.807) is 27.7 Å². The fourth-order valence-corrected chi connectivity index (χ4v) is 1.85. The molecule has 1 saturated heterocycles. The molecule has 3 N–H and O–H groups in total. The number of amides is 3. The molecule has 6 nitrogen and oxygen atoms in total. The zero-order valence-corrected chi connectivity index (χ0v) is 11.3. The lowest BCUT2D eigenvalue weighted by Crippen LogP contribution is -2.47. The quantitative estimate of drug-likeness (QED) is 0.670. The van der Waals surface area contributed by atoms with Crippen LogP contribution in [0.3, 0.4) is 0 Å². The summed E-state index contributed by atoms with van der Waals surface area (Å²) in [7, 11) is 0. The maximum atomic E-state index is 11.9. The second-order valence-electron chi connectivity index (χ2n) is 5.11. The summed E-state index contributed by atoms with van der Waals surface area (Å²) in [6, 6.07) is -1.22. The number of nitrogens with zero attached hydrogens (tertiary/aromatic N) is 1. The summed E-state index contributed by atoms with van der Waals surface area (Å²) in [5.41, 5.74) is 5.63. The number of rotatable bonds is 4. The van der Waals surface area contributed by atoms with E-state index in [0.29, 0.717) is 0 Å². The molecule has 0 aromatic rings. The summed E-state index contributed by atoms with van der Waals surface area (Å²) < 4.78 is 0. The second kappa shape index (κ2) is 5.48. The average molecular weight is 255 g/mol. The fourth-order valence-electron chi connectivity index (χ4n) is 1.85. The lowest BCUT2D eigenvalue weighted by Gasteiger charge is -2.20. The van der Waals surface area contributed by atoms with Crippen molar-refractivity contribution in [3.63, 3.8) is 0 Å². The van der Waals surface area contributed by atoms with Gasteiger partial charge in [-0.15, -0.1) is 0 Å². The van der Waals surface area contributed by atoms with Gasteiger partial charge in [-0.25, -0.2) is 0 Å². The van der Waals surface area contributed by atoms with Crippen LogP contribution in [0.2, 0.25) is 0 Å². The highest BCUT2D eigenvalue weighted by Gasteiger charge is 2.41. The third kappa shape index (κ3) is 2.87. The molecule has 6 heteroatoms. The summed E-state index contributed by atoms with van der Waals surface area (Å²) in [6.45, 7) is 6.96. The van der Waals surface area contributed by atoms with Crippen molar-refractivity contribution in [2.24, 2.45) is 11.7 Å². The first-order valence-electron chi connectivity index (χ1n) is 6.17. The lowest BCUT2D eigenvalue weighted by molar-refractivity contribution is -0.141. The molecule has 3 atom stereocenters. The van der Waals surface area contributed by atoms with Gasteiger partial charge in [0.05, 0.1) is 6.42 Å². The van der Waals surface area contributed by atoms with Crippen molar-refractivity contribution in [2.75, 3.05) is 0 Å². The van der Waals surface area contributed by atoms with Crippen LogP contribution in [0.5, 0.6) is 0 Å². The first-order valence-corrected chi connectivity index (χ1v) is 6.17. The molecule has 1 aliphatic rings. The van der Waals surface area contributed by atoms with E-state index in [4.69, 9.17) is 5.73 Å². The van der Waals surface area contributed by atoms with Gasteiger partial charge in [-0.1, -0.05) is 6.92 Å². The molecule has 0 aromatic heterocycles. The van der Waals surface area contributed by atoms with Gasteiger partial charge in [0, 0.05) is 18.0 Å². The van der Waals surface area contributed by atoms with Crippen molar-refractivity contribution >= 4 is 17.7 Å². The zero-order chi connectivity index (χ0) is 14.0. The number of carbonyl (C=O) groups excluding carboxylic acids is 3. The summed E-state index contributed by atoms with van der Waals surface area (Å²) in [4.78, 5) is 36.6. The highest BCUT2D eigenvalue weighted by Crippen LogP contribution is 2.16. The monoisotopic (exact) mass is 255 g/mol.